The minimum Gasteiger partial charge on any atom is -0.383 e. The molecular weight excluding hydrogens is 216 g/mol. The van der Waals surface area contributed by atoms with E-state index in [0.29, 0.717) is 12.6 Å². The molecule has 5 heteroatoms. The molecule has 0 saturated heterocycles. The predicted molar refractivity (Wildman–Crippen MR) is 69.2 cm³/mol. The number of hydrogen-bond donors (Lipinski definition) is 1. The van der Waals surface area contributed by atoms with Gasteiger partial charge in [-0.2, -0.15) is 0 Å². The molecular formula is C12H22N4O. The van der Waals surface area contributed by atoms with Crippen molar-refractivity contribution in [1.82, 2.24) is 15.3 Å². The molecule has 0 amide bonds. The van der Waals surface area contributed by atoms with Gasteiger partial charge in [-0.25, -0.2) is 4.98 Å². The molecule has 0 saturated carbocycles. The number of hydrogen-bond acceptors (Lipinski definition) is 5. The summed E-state index contributed by atoms with van der Waals surface area (Å²) in [7, 11) is 3.61. The Kier molecular flexibility index (Phi) is 5.86. The highest BCUT2D eigenvalue weighted by molar-refractivity contribution is 5.36. The highest BCUT2D eigenvalue weighted by Crippen LogP contribution is 2.12. The van der Waals surface area contributed by atoms with Crippen LogP contribution in [0.15, 0.2) is 12.4 Å². The average molecular weight is 238 g/mol. The lowest BCUT2D eigenvalue weighted by Gasteiger charge is -2.27. The number of anilines is 1. The standard InChI is InChI=1S/C12H22N4O/c1-10(2)16(5-6-17-4)12-9-14-11(7-13-3)8-15-12/h8-10,13H,5-7H2,1-4H3. The molecule has 1 heterocycles. The van der Waals surface area contributed by atoms with Crippen LogP contribution in [0.25, 0.3) is 0 Å². The molecule has 0 atom stereocenters. The van der Waals surface area contributed by atoms with Crippen molar-refractivity contribution in [2.24, 2.45) is 0 Å². The van der Waals surface area contributed by atoms with Crippen LogP contribution in [-0.2, 0) is 11.3 Å². The smallest absolute Gasteiger partial charge is 0.147 e. The summed E-state index contributed by atoms with van der Waals surface area (Å²) in [4.78, 5) is 11.0. The Labute approximate surface area is 103 Å². The monoisotopic (exact) mass is 238 g/mol. The average Bonchev–Trinajstić information content (AvgIpc) is 2.31. The van der Waals surface area contributed by atoms with Gasteiger partial charge >= 0.3 is 0 Å². The van der Waals surface area contributed by atoms with Crippen LogP contribution in [0, 0.1) is 0 Å². The molecule has 17 heavy (non-hydrogen) atoms. The van der Waals surface area contributed by atoms with Crippen LogP contribution in [0.3, 0.4) is 0 Å². The second-order valence-corrected chi connectivity index (χ2v) is 4.18. The summed E-state index contributed by atoms with van der Waals surface area (Å²) in [5.41, 5.74) is 0.951. The van der Waals surface area contributed by atoms with Gasteiger partial charge < -0.3 is 15.0 Å². The lowest BCUT2D eigenvalue weighted by molar-refractivity contribution is 0.203. The molecule has 1 N–H and O–H groups in total. The first-order valence-corrected chi connectivity index (χ1v) is 5.90. The van der Waals surface area contributed by atoms with E-state index in [4.69, 9.17) is 4.74 Å². The van der Waals surface area contributed by atoms with E-state index >= 15 is 0 Å². The minimum absolute atomic E-state index is 0.384. The Morgan fingerprint density at radius 2 is 2.12 bits per heavy atom. The lowest BCUT2D eigenvalue weighted by Crippen LogP contribution is -2.34. The van der Waals surface area contributed by atoms with Gasteiger partial charge in [-0.05, 0) is 20.9 Å². The Bertz CT molecular complexity index is 313. The van der Waals surface area contributed by atoms with E-state index in [-0.39, 0.29) is 0 Å². The van der Waals surface area contributed by atoms with Crippen molar-refractivity contribution in [3.05, 3.63) is 18.1 Å². The van der Waals surface area contributed by atoms with Crippen LogP contribution in [0.1, 0.15) is 19.5 Å². The third-order valence-corrected chi connectivity index (χ3v) is 2.50. The van der Waals surface area contributed by atoms with Crippen LogP contribution in [-0.4, -0.2) is 43.3 Å². The Morgan fingerprint density at radius 3 is 2.59 bits per heavy atom. The number of rotatable bonds is 7. The number of nitrogens with one attached hydrogen (secondary N) is 1. The van der Waals surface area contributed by atoms with Crippen LogP contribution in [0.5, 0.6) is 0 Å². The third-order valence-electron chi connectivity index (χ3n) is 2.50. The summed E-state index contributed by atoms with van der Waals surface area (Å²) in [6.07, 6.45) is 3.64. The van der Waals surface area contributed by atoms with Gasteiger partial charge in [0.15, 0.2) is 0 Å². The molecule has 96 valence electrons. The van der Waals surface area contributed by atoms with Gasteiger partial charge in [-0.3, -0.25) is 4.98 Å². The number of nitrogens with zero attached hydrogens (tertiary/aromatic N) is 3. The van der Waals surface area contributed by atoms with Crippen LogP contribution < -0.4 is 10.2 Å². The van der Waals surface area contributed by atoms with E-state index in [1.54, 1.807) is 7.11 Å². The summed E-state index contributed by atoms with van der Waals surface area (Å²) in [5.74, 6) is 0.900. The maximum atomic E-state index is 5.11. The van der Waals surface area contributed by atoms with E-state index in [0.717, 1.165) is 24.6 Å². The third kappa shape index (κ3) is 4.28. The number of methoxy groups -OCH3 is 1. The van der Waals surface area contributed by atoms with Crippen LogP contribution in [0.4, 0.5) is 5.82 Å². The normalized spacial score (nSPS) is 10.9. The molecule has 1 aromatic heterocycles. The van der Waals surface area contributed by atoms with Gasteiger partial charge in [0.05, 0.1) is 24.7 Å². The molecule has 0 aliphatic rings. The Balaban J connectivity index is 2.72. The molecule has 0 fully saturated rings. The van der Waals surface area contributed by atoms with Crippen molar-refractivity contribution >= 4 is 5.82 Å². The van der Waals surface area contributed by atoms with Gasteiger partial charge in [0, 0.05) is 26.2 Å². The van der Waals surface area contributed by atoms with Crippen LogP contribution in [0.2, 0.25) is 0 Å². The van der Waals surface area contributed by atoms with Gasteiger partial charge in [0.1, 0.15) is 5.82 Å². The first-order chi connectivity index (χ1) is 8.19. The van der Waals surface area contributed by atoms with Crippen LogP contribution >= 0.6 is 0 Å². The second-order valence-electron chi connectivity index (χ2n) is 4.18. The minimum atomic E-state index is 0.384. The maximum absolute atomic E-state index is 5.11. The molecule has 0 bridgehead atoms. The van der Waals surface area contributed by atoms with Gasteiger partial charge in [0.25, 0.3) is 0 Å². The predicted octanol–water partition coefficient (Wildman–Crippen LogP) is 1.06. The fourth-order valence-electron chi connectivity index (χ4n) is 1.60. The molecule has 0 aliphatic heterocycles. The molecule has 5 nitrogen and oxygen atoms in total. The van der Waals surface area contributed by atoms with Crippen molar-refractivity contribution in [2.45, 2.75) is 26.4 Å². The Morgan fingerprint density at radius 1 is 1.35 bits per heavy atom. The first kappa shape index (κ1) is 13.9. The lowest BCUT2D eigenvalue weighted by atomic mass is 10.3. The molecule has 0 aliphatic carbocycles. The highest BCUT2D eigenvalue weighted by atomic mass is 16.5. The van der Waals surface area contributed by atoms with E-state index in [2.05, 4.69) is 34.0 Å². The van der Waals surface area contributed by atoms with E-state index in [1.807, 2.05) is 19.4 Å². The zero-order valence-corrected chi connectivity index (χ0v) is 11.1. The van der Waals surface area contributed by atoms with Crippen molar-refractivity contribution in [3.8, 4) is 0 Å². The largest absolute Gasteiger partial charge is 0.383 e. The SMILES string of the molecule is CNCc1cnc(N(CCOC)C(C)C)cn1. The van der Waals surface area contributed by atoms with Gasteiger partial charge in [-0.1, -0.05) is 0 Å². The molecule has 0 unspecified atom stereocenters. The number of aromatic nitrogens is 2. The molecule has 0 aromatic carbocycles. The zero-order valence-electron chi connectivity index (χ0n) is 11.1. The van der Waals surface area contributed by atoms with Gasteiger partial charge in [-0.15, -0.1) is 0 Å². The van der Waals surface area contributed by atoms with Crippen molar-refractivity contribution in [3.63, 3.8) is 0 Å². The Hall–Kier alpha value is -1.20. The fraction of sp³-hybridized carbons (Fsp3) is 0.667. The van der Waals surface area contributed by atoms with E-state index in [9.17, 15) is 0 Å². The summed E-state index contributed by atoms with van der Waals surface area (Å²) >= 11 is 0. The summed E-state index contributed by atoms with van der Waals surface area (Å²) in [6, 6.07) is 0.384. The van der Waals surface area contributed by atoms with E-state index in [1.165, 1.54) is 0 Å². The molecule has 0 spiro atoms. The zero-order chi connectivity index (χ0) is 12.7. The van der Waals surface area contributed by atoms with E-state index < -0.39 is 0 Å². The number of ether oxygens (including phenoxy) is 1. The highest BCUT2D eigenvalue weighted by Gasteiger charge is 2.11. The molecule has 1 aromatic rings. The quantitative estimate of drug-likeness (QED) is 0.769. The van der Waals surface area contributed by atoms with Crippen molar-refractivity contribution in [2.75, 3.05) is 32.2 Å². The topological polar surface area (TPSA) is 50.3 Å². The van der Waals surface area contributed by atoms with Crippen molar-refractivity contribution in [1.29, 1.82) is 0 Å². The molecule has 1 rings (SSSR count). The summed E-state index contributed by atoms with van der Waals surface area (Å²) < 4.78 is 5.11. The van der Waals surface area contributed by atoms with Gasteiger partial charge in [0.2, 0.25) is 0 Å². The second kappa shape index (κ2) is 7.19. The first-order valence-electron chi connectivity index (χ1n) is 5.90. The summed E-state index contributed by atoms with van der Waals surface area (Å²) in [5, 5.41) is 3.05. The molecule has 0 radical (unpaired) electrons. The summed E-state index contributed by atoms with van der Waals surface area (Å²) in [6.45, 7) is 6.54. The fourth-order valence-corrected chi connectivity index (χ4v) is 1.60. The maximum Gasteiger partial charge on any atom is 0.147 e. The van der Waals surface area contributed by atoms with Crippen molar-refractivity contribution < 1.29 is 4.74 Å².